The molecule has 106 valence electrons. The number of nitro groups is 1. The Morgan fingerprint density at radius 1 is 1.24 bits per heavy atom. The lowest BCUT2D eigenvalue weighted by atomic mass is 9.88. The molecule has 0 saturated carbocycles. The quantitative estimate of drug-likeness (QED) is 0.477. The van der Waals surface area contributed by atoms with Gasteiger partial charge in [-0.2, -0.15) is 0 Å². The van der Waals surface area contributed by atoms with Crippen LogP contribution in [-0.2, 0) is 0 Å². The van der Waals surface area contributed by atoms with E-state index in [9.17, 15) is 10.1 Å². The van der Waals surface area contributed by atoms with E-state index in [1.54, 1.807) is 0 Å². The summed E-state index contributed by atoms with van der Waals surface area (Å²) in [6.45, 7) is 11.0. The predicted octanol–water partition coefficient (Wildman–Crippen LogP) is 4.26. The molecule has 4 heteroatoms. The van der Waals surface area contributed by atoms with Crippen molar-refractivity contribution in [2.24, 2.45) is 0 Å². The van der Waals surface area contributed by atoms with Crippen LogP contribution in [0.5, 0.6) is 0 Å². The Bertz CT molecular complexity index is 703. The summed E-state index contributed by atoms with van der Waals surface area (Å²) in [4.78, 5) is 14.3. The zero-order chi connectivity index (χ0) is 15.4. The second-order valence-electron chi connectivity index (χ2n) is 5.11. The van der Waals surface area contributed by atoms with E-state index in [-0.39, 0.29) is 11.5 Å². The van der Waals surface area contributed by atoms with Crippen LogP contribution in [-0.4, -0.2) is 11.5 Å². The van der Waals surface area contributed by atoms with E-state index in [1.165, 1.54) is 0 Å². The van der Waals surface area contributed by atoms with Gasteiger partial charge in [-0.1, -0.05) is 48.0 Å². The monoisotopic (exact) mass is 280 g/mol. The molecule has 0 amide bonds. The average Bonchev–Trinajstić information content (AvgIpc) is 2.45. The summed E-state index contributed by atoms with van der Waals surface area (Å²) in [5.41, 5.74) is 4.01. The fourth-order valence-electron chi connectivity index (χ4n) is 2.63. The van der Waals surface area contributed by atoms with E-state index in [1.807, 2.05) is 56.3 Å². The van der Waals surface area contributed by atoms with Crippen molar-refractivity contribution >= 4 is 5.69 Å². The van der Waals surface area contributed by atoms with E-state index < -0.39 is 5.92 Å². The third kappa shape index (κ3) is 3.26. The molecule has 0 saturated heterocycles. The molecule has 0 heterocycles. The molecule has 2 rings (SSSR count). The molecule has 2 aromatic carbocycles. The van der Waals surface area contributed by atoms with E-state index >= 15 is 0 Å². The van der Waals surface area contributed by atoms with Crippen LogP contribution in [0.1, 0.15) is 28.2 Å². The van der Waals surface area contributed by atoms with Gasteiger partial charge in [0.15, 0.2) is 5.69 Å². The maximum atomic E-state index is 11.1. The molecular formula is C17H16N2O2. The summed E-state index contributed by atoms with van der Waals surface area (Å²) in [7, 11) is 0. The molecule has 1 atom stereocenters. The van der Waals surface area contributed by atoms with Crippen molar-refractivity contribution in [3.05, 3.63) is 86.2 Å². The van der Waals surface area contributed by atoms with Crippen LogP contribution in [0.15, 0.2) is 42.5 Å². The highest BCUT2D eigenvalue weighted by molar-refractivity contribution is 5.62. The van der Waals surface area contributed by atoms with Crippen LogP contribution >= 0.6 is 0 Å². The number of nitrogens with zero attached hydrogens (tertiary/aromatic N) is 2. The Balaban J connectivity index is 2.62. The summed E-state index contributed by atoms with van der Waals surface area (Å²) in [6.07, 6.45) is 0. The minimum atomic E-state index is -0.399. The molecule has 0 radical (unpaired) electrons. The Hall–Kier alpha value is -2.67. The van der Waals surface area contributed by atoms with Gasteiger partial charge in [0.2, 0.25) is 6.54 Å². The smallest absolute Gasteiger partial charge is 0.213 e. The van der Waals surface area contributed by atoms with Gasteiger partial charge in [0.05, 0.1) is 12.5 Å². The molecule has 0 aliphatic carbocycles. The van der Waals surface area contributed by atoms with Gasteiger partial charge in [-0.05, 0) is 30.5 Å². The lowest BCUT2D eigenvalue weighted by Crippen LogP contribution is -2.14. The highest BCUT2D eigenvalue weighted by Gasteiger charge is 2.24. The Kier molecular flexibility index (Phi) is 4.34. The second kappa shape index (κ2) is 6.19. The Morgan fingerprint density at radius 3 is 2.48 bits per heavy atom. The molecule has 0 aliphatic rings. The molecular weight excluding hydrogens is 264 g/mol. The van der Waals surface area contributed by atoms with Crippen LogP contribution in [0, 0.1) is 30.5 Å². The number of benzene rings is 2. The molecule has 2 aromatic rings. The first-order valence-electron chi connectivity index (χ1n) is 6.68. The van der Waals surface area contributed by atoms with Gasteiger partial charge in [0.1, 0.15) is 0 Å². The first-order valence-corrected chi connectivity index (χ1v) is 6.68. The summed E-state index contributed by atoms with van der Waals surface area (Å²) in [5, 5.41) is 11.1. The topological polar surface area (TPSA) is 47.5 Å². The summed E-state index contributed by atoms with van der Waals surface area (Å²) in [6, 6.07) is 13.2. The lowest BCUT2D eigenvalue weighted by molar-refractivity contribution is -0.481. The van der Waals surface area contributed by atoms with E-state index in [0.717, 1.165) is 22.3 Å². The van der Waals surface area contributed by atoms with E-state index in [0.29, 0.717) is 5.69 Å². The highest BCUT2D eigenvalue weighted by atomic mass is 16.6. The highest BCUT2D eigenvalue weighted by Crippen LogP contribution is 2.35. The number of rotatable bonds is 4. The van der Waals surface area contributed by atoms with Crippen molar-refractivity contribution in [3.63, 3.8) is 0 Å². The van der Waals surface area contributed by atoms with Gasteiger partial charge in [-0.3, -0.25) is 10.1 Å². The summed E-state index contributed by atoms with van der Waals surface area (Å²) >= 11 is 0. The third-order valence-corrected chi connectivity index (χ3v) is 3.50. The molecule has 1 unspecified atom stereocenters. The van der Waals surface area contributed by atoms with Crippen LogP contribution in [0.25, 0.3) is 4.85 Å². The van der Waals surface area contributed by atoms with Gasteiger partial charge in [-0.15, -0.1) is 0 Å². The fourth-order valence-corrected chi connectivity index (χ4v) is 2.63. The zero-order valence-electron chi connectivity index (χ0n) is 12.0. The molecule has 0 fully saturated rings. The Morgan fingerprint density at radius 2 is 1.90 bits per heavy atom. The molecule has 0 aromatic heterocycles. The maximum Gasteiger partial charge on any atom is 0.213 e. The van der Waals surface area contributed by atoms with Crippen LogP contribution in [0.2, 0.25) is 0 Å². The van der Waals surface area contributed by atoms with Gasteiger partial charge in [0.25, 0.3) is 0 Å². The molecule has 0 spiro atoms. The summed E-state index contributed by atoms with van der Waals surface area (Å²) in [5.74, 6) is -0.399. The first-order chi connectivity index (χ1) is 10.0. The first kappa shape index (κ1) is 14.7. The van der Waals surface area contributed by atoms with Gasteiger partial charge < -0.3 is 0 Å². The Labute approximate surface area is 124 Å². The summed E-state index contributed by atoms with van der Waals surface area (Å²) < 4.78 is 0. The van der Waals surface area contributed by atoms with E-state index in [4.69, 9.17) is 6.57 Å². The minimum absolute atomic E-state index is 0.213. The predicted molar refractivity (Wildman–Crippen MR) is 82.3 cm³/mol. The molecule has 0 bridgehead atoms. The van der Waals surface area contributed by atoms with Gasteiger partial charge in [-0.25, -0.2) is 4.85 Å². The van der Waals surface area contributed by atoms with Crippen LogP contribution in [0.3, 0.4) is 0 Å². The molecule has 0 N–H and O–H groups in total. The van der Waals surface area contributed by atoms with Crippen LogP contribution in [0.4, 0.5) is 5.69 Å². The maximum absolute atomic E-state index is 11.1. The fraction of sp³-hybridized carbons (Fsp3) is 0.235. The number of aryl methyl sites for hydroxylation is 2. The SMILES string of the molecule is [C-]#[N+]c1c(C)cc(C)cc1C(C[N+](=O)[O-])c1ccccc1. The van der Waals surface area contributed by atoms with Crippen molar-refractivity contribution in [1.82, 2.24) is 0 Å². The van der Waals surface area contributed by atoms with Crippen molar-refractivity contribution in [1.29, 1.82) is 0 Å². The van der Waals surface area contributed by atoms with E-state index in [2.05, 4.69) is 4.85 Å². The van der Waals surface area contributed by atoms with Gasteiger partial charge >= 0.3 is 0 Å². The molecule has 4 nitrogen and oxygen atoms in total. The molecule has 0 aliphatic heterocycles. The minimum Gasteiger partial charge on any atom is -0.265 e. The largest absolute Gasteiger partial charge is 0.265 e. The normalized spacial score (nSPS) is 11.7. The van der Waals surface area contributed by atoms with Gasteiger partial charge in [0, 0.05) is 4.92 Å². The lowest BCUT2D eigenvalue weighted by Gasteiger charge is -2.17. The average molecular weight is 280 g/mol. The van der Waals surface area contributed by atoms with Crippen molar-refractivity contribution in [3.8, 4) is 0 Å². The standard InChI is InChI=1S/C17H16N2O2/c1-12-9-13(2)17(18-3)15(10-12)16(11-19(20)21)14-7-5-4-6-8-14/h4-10,16H,11H2,1-2H3. The second-order valence-corrected chi connectivity index (χ2v) is 5.11. The number of hydrogen-bond acceptors (Lipinski definition) is 2. The third-order valence-electron chi connectivity index (χ3n) is 3.50. The zero-order valence-corrected chi connectivity index (χ0v) is 12.0. The van der Waals surface area contributed by atoms with Crippen molar-refractivity contribution in [2.45, 2.75) is 19.8 Å². The number of hydrogen-bond donors (Lipinski definition) is 0. The van der Waals surface area contributed by atoms with Crippen LogP contribution < -0.4 is 0 Å². The van der Waals surface area contributed by atoms with Crippen molar-refractivity contribution in [2.75, 3.05) is 6.54 Å². The van der Waals surface area contributed by atoms with Crippen molar-refractivity contribution < 1.29 is 4.92 Å². The molecule has 21 heavy (non-hydrogen) atoms.